The molecular weight excluding hydrogens is 238 g/mol. The number of hydrogen-bond acceptors (Lipinski definition) is 2. The summed E-state index contributed by atoms with van der Waals surface area (Å²) in [5, 5.41) is 12.3. The molecule has 0 unspecified atom stereocenters. The summed E-state index contributed by atoms with van der Waals surface area (Å²) in [6.07, 6.45) is 0.301. The minimum Gasteiger partial charge on any atom is -0.506 e. The molecule has 0 aliphatic rings. The first kappa shape index (κ1) is 13.1. The van der Waals surface area contributed by atoms with E-state index in [0.717, 1.165) is 5.56 Å². The number of para-hydroxylation sites is 2. The highest BCUT2D eigenvalue weighted by Gasteiger charge is 2.07. The average Bonchev–Trinajstić information content (AvgIpc) is 2.37. The molecule has 0 aliphatic heterocycles. The van der Waals surface area contributed by atoms with Crippen LogP contribution in [0.25, 0.3) is 0 Å². The Labute approximate surface area is 112 Å². The SMILES string of the molecule is Cc1ccc(CC(=O)Nc2ccccc2O)cc1C. The lowest BCUT2D eigenvalue weighted by atomic mass is 10.0. The van der Waals surface area contributed by atoms with Crippen LogP contribution < -0.4 is 5.32 Å². The maximum absolute atomic E-state index is 11.9. The third-order valence-electron chi connectivity index (χ3n) is 3.11. The number of aromatic hydroxyl groups is 1. The lowest BCUT2D eigenvalue weighted by Crippen LogP contribution is -2.14. The van der Waals surface area contributed by atoms with Crippen molar-refractivity contribution in [2.24, 2.45) is 0 Å². The third kappa shape index (κ3) is 3.35. The molecule has 0 fully saturated rings. The van der Waals surface area contributed by atoms with E-state index in [9.17, 15) is 9.90 Å². The van der Waals surface area contributed by atoms with E-state index >= 15 is 0 Å². The van der Waals surface area contributed by atoms with Crippen LogP contribution in [0.3, 0.4) is 0 Å². The molecule has 0 aliphatic carbocycles. The molecule has 0 radical (unpaired) electrons. The number of carbonyl (C=O) groups excluding carboxylic acids is 1. The van der Waals surface area contributed by atoms with Crippen LogP contribution in [-0.4, -0.2) is 11.0 Å². The molecule has 19 heavy (non-hydrogen) atoms. The van der Waals surface area contributed by atoms with Gasteiger partial charge in [0, 0.05) is 0 Å². The maximum atomic E-state index is 11.9. The Balaban J connectivity index is 2.05. The first-order valence-corrected chi connectivity index (χ1v) is 6.20. The lowest BCUT2D eigenvalue weighted by Gasteiger charge is -2.08. The van der Waals surface area contributed by atoms with Crippen molar-refractivity contribution in [1.82, 2.24) is 0 Å². The van der Waals surface area contributed by atoms with E-state index in [-0.39, 0.29) is 11.7 Å². The number of benzene rings is 2. The predicted octanol–water partition coefficient (Wildman–Crippen LogP) is 3.19. The zero-order valence-corrected chi connectivity index (χ0v) is 11.1. The fourth-order valence-corrected chi connectivity index (χ4v) is 1.87. The van der Waals surface area contributed by atoms with Gasteiger partial charge < -0.3 is 10.4 Å². The molecule has 0 saturated carbocycles. The minimum absolute atomic E-state index is 0.0796. The standard InChI is InChI=1S/C16H17NO2/c1-11-7-8-13(9-12(11)2)10-16(19)17-14-5-3-4-6-15(14)18/h3-9,18H,10H2,1-2H3,(H,17,19). The molecule has 1 amide bonds. The number of rotatable bonds is 3. The molecule has 3 heteroatoms. The van der Waals surface area contributed by atoms with Crippen molar-refractivity contribution in [3.63, 3.8) is 0 Å². The third-order valence-corrected chi connectivity index (χ3v) is 3.11. The molecule has 2 rings (SSSR count). The molecule has 2 aromatic carbocycles. The van der Waals surface area contributed by atoms with Crippen LogP contribution in [0.4, 0.5) is 5.69 Å². The van der Waals surface area contributed by atoms with Crippen molar-refractivity contribution in [3.05, 3.63) is 59.2 Å². The summed E-state index contributed by atoms with van der Waals surface area (Å²) in [4.78, 5) is 11.9. The van der Waals surface area contributed by atoms with Crippen molar-refractivity contribution < 1.29 is 9.90 Å². The van der Waals surface area contributed by atoms with Crippen LogP contribution in [0.5, 0.6) is 5.75 Å². The number of carbonyl (C=O) groups is 1. The van der Waals surface area contributed by atoms with Gasteiger partial charge in [-0.2, -0.15) is 0 Å². The number of phenols is 1. The molecule has 3 nitrogen and oxygen atoms in total. The summed E-state index contributed by atoms with van der Waals surface area (Å²) >= 11 is 0. The second kappa shape index (κ2) is 5.57. The summed E-state index contributed by atoms with van der Waals surface area (Å²) in [6.45, 7) is 4.07. The summed E-state index contributed by atoms with van der Waals surface area (Å²) in [7, 11) is 0. The van der Waals surface area contributed by atoms with Crippen molar-refractivity contribution in [2.75, 3.05) is 5.32 Å². The second-order valence-electron chi connectivity index (χ2n) is 4.66. The van der Waals surface area contributed by atoms with Gasteiger partial charge in [-0.25, -0.2) is 0 Å². The summed E-state index contributed by atoms with van der Waals surface area (Å²) in [6, 6.07) is 12.7. The van der Waals surface area contributed by atoms with E-state index in [2.05, 4.69) is 5.32 Å². The summed E-state index contributed by atoms with van der Waals surface area (Å²) in [5.74, 6) is -0.0549. The van der Waals surface area contributed by atoms with Gasteiger partial charge in [-0.1, -0.05) is 30.3 Å². The van der Waals surface area contributed by atoms with Gasteiger partial charge in [0.1, 0.15) is 5.75 Å². The first-order chi connectivity index (χ1) is 9.06. The van der Waals surface area contributed by atoms with Gasteiger partial charge in [-0.3, -0.25) is 4.79 Å². The summed E-state index contributed by atoms with van der Waals surface area (Å²) in [5.41, 5.74) is 3.80. The van der Waals surface area contributed by atoms with E-state index < -0.39 is 0 Å². The molecule has 98 valence electrons. The number of nitrogens with one attached hydrogen (secondary N) is 1. The Morgan fingerprint density at radius 2 is 1.84 bits per heavy atom. The van der Waals surface area contributed by atoms with Crippen LogP contribution >= 0.6 is 0 Å². The Morgan fingerprint density at radius 3 is 2.53 bits per heavy atom. The zero-order chi connectivity index (χ0) is 13.8. The highest BCUT2D eigenvalue weighted by molar-refractivity contribution is 5.93. The molecule has 0 saturated heterocycles. The van der Waals surface area contributed by atoms with E-state index in [4.69, 9.17) is 0 Å². The Hall–Kier alpha value is -2.29. The van der Waals surface area contributed by atoms with Crippen LogP contribution in [0.15, 0.2) is 42.5 Å². The van der Waals surface area contributed by atoms with Crippen molar-refractivity contribution >= 4 is 11.6 Å². The van der Waals surface area contributed by atoms with Crippen molar-refractivity contribution in [2.45, 2.75) is 20.3 Å². The van der Waals surface area contributed by atoms with E-state index in [1.54, 1.807) is 24.3 Å². The monoisotopic (exact) mass is 255 g/mol. The van der Waals surface area contributed by atoms with Crippen molar-refractivity contribution in [1.29, 1.82) is 0 Å². The van der Waals surface area contributed by atoms with E-state index in [1.807, 2.05) is 32.0 Å². The Morgan fingerprint density at radius 1 is 1.11 bits per heavy atom. The van der Waals surface area contributed by atoms with Crippen LogP contribution in [0.1, 0.15) is 16.7 Å². The highest BCUT2D eigenvalue weighted by atomic mass is 16.3. The molecule has 0 bridgehead atoms. The van der Waals surface area contributed by atoms with E-state index in [0.29, 0.717) is 12.1 Å². The molecular formula is C16H17NO2. The minimum atomic E-state index is -0.134. The van der Waals surface area contributed by atoms with Crippen LogP contribution in [-0.2, 0) is 11.2 Å². The quantitative estimate of drug-likeness (QED) is 0.827. The number of anilines is 1. The normalized spacial score (nSPS) is 10.2. The first-order valence-electron chi connectivity index (χ1n) is 6.20. The van der Waals surface area contributed by atoms with Gasteiger partial charge in [0.05, 0.1) is 12.1 Å². The number of amides is 1. The van der Waals surface area contributed by atoms with Gasteiger partial charge in [-0.15, -0.1) is 0 Å². The van der Waals surface area contributed by atoms with Gasteiger partial charge in [-0.05, 0) is 42.7 Å². The van der Waals surface area contributed by atoms with Gasteiger partial charge in [0.15, 0.2) is 0 Å². The predicted molar refractivity (Wildman–Crippen MR) is 76.4 cm³/mol. The smallest absolute Gasteiger partial charge is 0.228 e. The lowest BCUT2D eigenvalue weighted by molar-refractivity contribution is -0.115. The topological polar surface area (TPSA) is 49.3 Å². The molecule has 2 N–H and O–H groups in total. The number of aryl methyl sites for hydroxylation is 2. The number of hydrogen-bond donors (Lipinski definition) is 2. The Bertz CT molecular complexity index is 605. The van der Waals surface area contributed by atoms with E-state index in [1.165, 1.54) is 11.1 Å². The second-order valence-corrected chi connectivity index (χ2v) is 4.66. The fourth-order valence-electron chi connectivity index (χ4n) is 1.87. The Kier molecular flexibility index (Phi) is 3.85. The van der Waals surface area contributed by atoms with Crippen molar-refractivity contribution in [3.8, 4) is 5.75 Å². The van der Waals surface area contributed by atoms with Gasteiger partial charge >= 0.3 is 0 Å². The van der Waals surface area contributed by atoms with Crippen LogP contribution in [0.2, 0.25) is 0 Å². The molecule has 0 heterocycles. The fraction of sp³-hybridized carbons (Fsp3) is 0.188. The summed E-state index contributed by atoms with van der Waals surface area (Å²) < 4.78 is 0. The number of phenolic OH excluding ortho intramolecular Hbond substituents is 1. The van der Waals surface area contributed by atoms with Crippen LogP contribution in [0, 0.1) is 13.8 Å². The molecule has 0 aromatic heterocycles. The molecule has 0 atom stereocenters. The van der Waals surface area contributed by atoms with Gasteiger partial charge in [0.2, 0.25) is 5.91 Å². The van der Waals surface area contributed by atoms with Gasteiger partial charge in [0.25, 0.3) is 0 Å². The zero-order valence-electron chi connectivity index (χ0n) is 11.1. The average molecular weight is 255 g/mol. The largest absolute Gasteiger partial charge is 0.506 e. The molecule has 0 spiro atoms. The maximum Gasteiger partial charge on any atom is 0.228 e. The molecule has 2 aromatic rings. The highest BCUT2D eigenvalue weighted by Crippen LogP contribution is 2.21.